The van der Waals surface area contributed by atoms with Crippen LogP contribution in [-0.4, -0.2) is 11.5 Å². The molecule has 0 spiro atoms. The standard InChI is InChI=1S/C10H10F4O/c1-5-3-8(12)6(4-7(5)11)10(2,15)9(13)14/h3-4,9,15H,1-2H3. The third-order valence-electron chi connectivity index (χ3n) is 2.22. The molecule has 1 rings (SSSR count). The summed E-state index contributed by atoms with van der Waals surface area (Å²) in [5.41, 5.74) is -3.42. The normalized spacial score (nSPS) is 15.5. The molecule has 1 N–H and O–H groups in total. The Bertz CT molecular complexity index is 374. The maximum atomic E-state index is 13.2. The molecule has 1 aromatic rings. The fourth-order valence-corrected chi connectivity index (χ4v) is 1.15. The zero-order chi connectivity index (χ0) is 11.8. The SMILES string of the molecule is Cc1cc(F)c(C(C)(O)C(F)F)cc1F. The zero-order valence-corrected chi connectivity index (χ0v) is 8.19. The lowest BCUT2D eigenvalue weighted by Crippen LogP contribution is -2.31. The Hall–Kier alpha value is -1.10. The minimum atomic E-state index is -3.19. The molecule has 0 radical (unpaired) electrons. The van der Waals surface area contributed by atoms with Crippen LogP contribution in [0.2, 0.25) is 0 Å². The van der Waals surface area contributed by atoms with Crippen LogP contribution in [0.3, 0.4) is 0 Å². The van der Waals surface area contributed by atoms with E-state index in [2.05, 4.69) is 0 Å². The summed E-state index contributed by atoms with van der Waals surface area (Å²) in [5, 5.41) is 9.30. The molecular weight excluding hydrogens is 212 g/mol. The molecule has 0 aliphatic heterocycles. The first-order chi connectivity index (χ1) is 6.76. The van der Waals surface area contributed by atoms with Crippen molar-refractivity contribution in [2.45, 2.75) is 25.9 Å². The van der Waals surface area contributed by atoms with Gasteiger partial charge in [-0.1, -0.05) is 0 Å². The topological polar surface area (TPSA) is 20.2 Å². The van der Waals surface area contributed by atoms with Crippen molar-refractivity contribution in [1.82, 2.24) is 0 Å². The van der Waals surface area contributed by atoms with E-state index in [0.29, 0.717) is 6.07 Å². The monoisotopic (exact) mass is 222 g/mol. The van der Waals surface area contributed by atoms with Crippen molar-refractivity contribution in [3.63, 3.8) is 0 Å². The van der Waals surface area contributed by atoms with E-state index in [1.807, 2.05) is 0 Å². The highest BCUT2D eigenvalue weighted by Gasteiger charge is 2.37. The molecule has 1 atom stereocenters. The van der Waals surface area contributed by atoms with Crippen molar-refractivity contribution in [2.75, 3.05) is 0 Å². The maximum Gasteiger partial charge on any atom is 0.270 e. The van der Waals surface area contributed by atoms with Crippen molar-refractivity contribution in [2.24, 2.45) is 0 Å². The molecule has 0 amide bonds. The van der Waals surface area contributed by atoms with Gasteiger partial charge in [0.1, 0.15) is 11.6 Å². The minimum Gasteiger partial charge on any atom is -0.379 e. The van der Waals surface area contributed by atoms with Gasteiger partial charge in [0.15, 0.2) is 5.60 Å². The fourth-order valence-electron chi connectivity index (χ4n) is 1.15. The Labute approximate surface area is 84.3 Å². The molecule has 0 aliphatic rings. The van der Waals surface area contributed by atoms with Crippen molar-refractivity contribution in [3.05, 3.63) is 34.9 Å². The lowest BCUT2D eigenvalue weighted by molar-refractivity contribution is -0.0904. The Morgan fingerprint density at radius 1 is 1.20 bits per heavy atom. The van der Waals surface area contributed by atoms with E-state index < -0.39 is 29.2 Å². The zero-order valence-electron chi connectivity index (χ0n) is 8.19. The molecule has 0 aromatic heterocycles. The molecule has 84 valence electrons. The van der Waals surface area contributed by atoms with E-state index in [-0.39, 0.29) is 5.56 Å². The molecule has 0 saturated carbocycles. The highest BCUT2D eigenvalue weighted by molar-refractivity contribution is 5.29. The van der Waals surface area contributed by atoms with Crippen molar-refractivity contribution in [1.29, 1.82) is 0 Å². The van der Waals surface area contributed by atoms with Crippen LogP contribution in [0, 0.1) is 18.6 Å². The highest BCUT2D eigenvalue weighted by atomic mass is 19.3. The first kappa shape index (κ1) is 12.0. The molecule has 0 heterocycles. The van der Waals surface area contributed by atoms with Gasteiger partial charge in [0.25, 0.3) is 6.43 Å². The second kappa shape index (κ2) is 3.81. The first-order valence-corrected chi connectivity index (χ1v) is 4.23. The molecular formula is C10H10F4O. The largest absolute Gasteiger partial charge is 0.379 e. The Morgan fingerprint density at radius 3 is 2.20 bits per heavy atom. The third kappa shape index (κ3) is 2.12. The molecule has 0 saturated heterocycles. The molecule has 15 heavy (non-hydrogen) atoms. The first-order valence-electron chi connectivity index (χ1n) is 4.23. The number of benzene rings is 1. The predicted molar refractivity (Wildman–Crippen MR) is 46.7 cm³/mol. The van der Waals surface area contributed by atoms with Crippen LogP contribution in [0.1, 0.15) is 18.1 Å². The second-order valence-electron chi connectivity index (χ2n) is 3.53. The average Bonchev–Trinajstić information content (AvgIpc) is 2.10. The van der Waals surface area contributed by atoms with E-state index in [0.717, 1.165) is 13.0 Å². The maximum absolute atomic E-state index is 13.2. The number of halogens is 4. The Morgan fingerprint density at radius 2 is 1.73 bits per heavy atom. The Balaban J connectivity index is 3.32. The van der Waals surface area contributed by atoms with Gasteiger partial charge in [-0.05, 0) is 31.5 Å². The van der Waals surface area contributed by atoms with E-state index in [1.54, 1.807) is 0 Å². The number of alkyl halides is 2. The van der Waals surface area contributed by atoms with Crippen LogP contribution in [0.15, 0.2) is 12.1 Å². The fraction of sp³-hybridized carbons (Fsp3) is 0.400. The highest BCUT2D eigenvalue weighted by Crippen LogP contribution is 2.31. The summed E-state index contributed by atoms with van der Waals surface area (Å²) < 4.78 is 51.0. The van der Waals surface area contributed by atoms with Crippen LogP contribution in [0.5, 0.6) is 0 Å². The van der Waals surface area contributed by atoms with E-state index in [1.165, 1.54) is 6.92 Å². The molecule has 1 aromatic carbocycles. The summed E-state index contributed by atoms with van der Waals surface area (Å²) in [5.74, 6) is -1.87. The van der Waals surface area contributed by atoms with Crippen LogP contribution in [-0.2, 0) is 5.60 Å². The molecule has 0 fully saturated rings. The number of aryl methyl sites for hydroxylation is 1. The van der Waals surface area contributed by atoms with Crippen molar-refractivity contribution >= 4 is 0 Å². The summed E-state index contributed by atoms with van der Waals surface area (Å²) >= 11 is 0. The van der Waals surface area contributed by atoms with Crippen LogP contribution in [0.4, 0.5) is 17.6 Å². The van der Waals surface area contributed by atoms with Crippen LogP contribution in [0.25, 0.3) is 0 Å². The van der Waals surface area contributed by atoms with Gasteiger partial charge in [-0.3, -0.25) is 0 Å². The lowest BCUT2D eigenvalue weighted by Gasteiger charge is -2.23. The van der Waals surface area contributed by atoms with Gasteiger partial charge in [0, 0.05) is 5.56 Å². The van der Waals surface area contributed by atoms with E-state index in [4.69, 9.17) is 0 Å². The smallest absolute Gasteiger partial charge is 0.270 e. The van der Waals surface area contributed by atoms with Gasteiger partial charge >= 0.3 is 0 Å². The average molecular weight is 222 g/mol. The predicted octanol–water partition coefficient (Wildman–Crippen LogP) is 2.75. The molecule has 0 aliphatic carbocycles. The third-order valence-corrected chi connectivity index (χ3v) is 2.22. The number of hydrogen-bond acceptors (Lipinski definition) is 1. The summed E-state index contributed by atoms with van der Waals surface area (Å²) in [4.78, 5) is 0. The van der Waals surface area contributed by atoms with Gasteiger partial charge in [-0.2, -0.15) is 0 Å². The van der Waals surface area contributed by atoms with Gasteiger partial charge in [0.05, 0.1) is 0 Å². The quantitative estimate of drug-likeness (QED) is 0.763. The number of hydrogen-bond donors (Lipinski definition) is 1. The molecule has 1 nitrogen and oxygen atoms in total. The lowest BCUT2D eigenvalue weighted by atomic mass is 9.95. The van der Waals surface area contributed by atoms with Crippen molar-refractivity contribution < 1.29 is 22.7 Å². The Kier molecular flexibility index (Phi) is 3.04. The van der Waals surface area contributed by atoms with Gasteiger partial charge < -0.3 is 5.11 Å². The van der Waals surface area contributed by atoms with Gasteiger partial charge in [0.2, 0.25) is 0 Å². The summed E-state index contributed by atoms with van der Waals surface area (Å²) in [6.07, 6.45) is -3.19. The second-order valence-corrected chi connectivity index (χ2v) is 3.53. The van der Waals surface area contributed by atoms with E-state index >= 15 is 0 Å². The van der Waals surface area contributed by atoms with Crippen LogP contribution >= 0.6 is 0 Å². The number of aliphatic hydroxyl groups is 1. The summed E-state index contributed by atoms with van der Waals surface area (Å²) in [6, 6.07) is 1.37. The number of rotatable bonds is 2. The summed E-state index contributed by atoms with van der Waals surface area (Å²) in [7, 11) is 0. The van der Waals surface area contributed by atoms with Crippen molar-refractivity contribution in [3.8, 4) is 0 Å². The minimum absolute atomic E-state index is 0.00122. The summed E-state index contributed by atoms with van der Waals surface area (Å²) in [6.45, 7) is 2.05. The molecule has 5 heteroatoms. The van der Waals surface area contributed by atoms with E-state index in [9.17, 15) is 22.7 Å². The van der Waals surface area contributed by atoms with Gasteiger partial charge in [-0.25, -0.2) is 17.6 Å². The molecule has 0 bridgehead atoms. The molecule has 1 unspecified atom stereocenters. The van der Waals surface area contributed by atoms with Crippen LogP contribution < -0.4 is 0 Å². The van der Waals surface area contributed by atoms with Gasteiger partial charge in [-0.15, -0.1) is 0 Å².